The Bertz CT molecular complexity index is 461. The van der Waals surface area contributed by atoms with Gasteiger partial charge in [0.15, 0.2) is 0 Å². The summed E-state index contributed by atoms with van der Waals surface area (Å²) in [5, 5.41) is 0. The molecule has 0 aromatic rings. The standard InChI is InChI=1S/2C9H21OSi.2C4H9O.Ti/c2*1-7(2)11(10,8(3)4)9(5)6;2*1-3-4(2)5;/h2*7-9H,1-6H3;2*4H,3H2,1-2H3;/q4*-1;+4. The third-order valence-corrected chi connectivity index (χ3v) is 27.7. The SMILES string of the molecule is CCC(C)[O][Ti]([O]C(C)CC)([O][Si](C(C)C)(C(C)C)C(C)C)[O][Si](C(C)C)(C(C)C)C(C)C. The molecule has 0 heterocycles. The van der Waals surface area contributed by atoms with Crippen LogP contribution in [0.2, 0.25) is 33.2 Å². The summed E-state index contributed by atoms with van der Waals surface area (Å²) in [6, 6.07) is 0. The maximum absolute atomic E-state index is 7.56. The second kappa shape index (κ2) is 14.1. The van der Waals surface area contributed by atoms with Crippen molar-refractivity contribution in [1.82, 2.24) is 0 Å². The van der Waals surface area contributed by atoms with E-state index in [0.717, 1.165) is 12.8 Å². The monoisotopic (exact) mass is 540 g/mol. The van der Waals surface area contributed by atoms with E-state index in [1.165, 1.54) is 0 Å². The molecule has 0 aliphatic carbocycles. The summed E-state index contributed by atoms with van der Waals surface area (Å²) in [5.74, 6) is 0. The Morgan fingerprint density at radius 3 is 0.818 bits per heavy atom. The van der Waals surface area contributed by atoms with Gasteiger partial charge in [0, 0.05) is 0 Å². The minimum atomic E-state index is -4.19. The maximum atomic E-state index is 7.56. The number of rotatable bonds is 16. The molecule has 0 amide bonds. The van der Waals surface area contributed by atoms with Gasteiger partial charge in [-0.1, -0.05) is 0 Å². The Kier molecular flexibility index (Phi) is 14.5. The predicted molar refractivity (Wildman–Crippen MR) is 146 cm³/mol. The molecule has 4 nitrogen and oxygen atoms in total. The number of hydrogen-bond donors (Lipinski definition) is 0. The van der Waals surface area contributed by atoms with Crippen molar-refractivity contribution in [2.75, 3.05) is 0 Å². The molecule has 33 heavy (non-hydrogen) atoms. The third kappa shape index (κ3) is 7.98. The Balaban J connectivity index is 7.15. The van der Waals surface area contributed by atoms with E-state index in [-0.39, 0.29) is 12.2 Å². The fourth-order valence-corrected chi connectivity index (χ4v) is 30.9. The van der Waals surface area contributed by atoms with E-state index in [2.05, 4.69) is 111 Å². The van der Waals surface area contributed by atoms with Crippen LogP contribution in [0.1, 0.15) is 124 Å². The van der Waals surface area contributed by atoms with Gasteiger partial charge in [0.25, 0.3) is 0 Å². The van der Waals surface area contributed by atoms with Crippen molar-refractivity contribution in [3.63, 3.8) is 0 Å². The fraction of sp³-hybridized carbons (Fsp3) is 1.00. The zero-order chi connectivity index (χ0) is 26.4. The molecule has 0 aliphatic heterocycles. The molecule has 0 N–H and O–H groups in total. The van der Waals surface area contributed by atoms with Crippen LogP contribution in [0.4, 0.5) is 0 Å². The van der Waals surface area contributed by atoms with Crippen molar-refractivity contribution >= 4 is 16.6 Å². The van der Waals surface area contributed by atoms with Crippen LogP contribution in [0.25, 0.3) is 0 Å². The topological polar surface area (TPSA) is 36.9 Å². The van der Waals surface area contributed by atoms with E-state index in [1.54, 1.807) is 0 Å². The van der Waals surface area contributed by atoms with Crippen LogP contribution in [0, 0.1) is 0 Å². The van der Waals surface area contributed by atoms with E-state index in [9.17, 15) is 0 Å². The average Bonchev–Trinajstić information content (AvgIpc) is 2.68. The van der Waals surface area contributed by atoms with Crippen LogP contribution < -0.4 is 0 Å². The zero-order valence-corrected chi connectivity index (χ0v) is 28.7. The van der Waals surface area contributed by atoms with Crippen LogP contribution in [-0.2, 0) is 30.8 Å². The van der Waals surface area contributed by atoms with Gasteiger partial charge in [0.2, 0.25) is 0 Å². The molecule has 0 bridgehead atoms. The summed E-state index contributed by atoms with van der Waals surface area (Å²) in [6.07, 6.45) is 1.93. The first kappa shape index (κ1) is 34.0. The van der Waals surface area contributed by atoms with Gasteiger partial charge in [0.1, 0.15) is 0 Å². The molecule has 0 fully saturated rings. The van der Waals surface area contributed by atoms with Gasteiger partial charge < -0.3 is 0 Å². The summed E-state index contributed by atoms with van der Waals surface area (Å²) >= 11 is -4.19. The van der Waals surface area contributed by atoms with Gasteiger partial charge in [-0.3, -0.25) is 0 Å². The van der Waals surface area contributed by atoms with Crippen LogP contribution in [0.15, 0.2) is 0 Å². The van der Waals surface area contributed by atoms with Crippen LogP contribution >= 0.6 is 0 Å². The molecule has 0 saturated heterocycles. The van der Waals surface area contributed by atoms with E-state index >= 15 is 0 Å². The van der Waals surface area contributed by atoms with Crippen LogP contribution in [0.3, 0.4) is 0 Å². The molecule has 0 aromatic heterocycles. The molecule has 0 rings (SSSR count). The summed E-state index contributed by atoms with van der Waals surface area (Å²) in [5.41, 5.74) is 2.67. The molecule has 0 saturated carbocycles. The fourth-order valence-electron chi connectivity index (χ4n) is 5.94. The first-order valence-electron chi connectivity index (χ1n) is 13.7. The van der Waals surface area contributed by atoms with Crippen molar-refractivity contribution < 1.29 is 30.8 Å². The molecule has 0 aliphatic rings. The Hall–Kier alpha value is 0.988. The average molecular weight is 541 g/mol. The van der Waals surface area contributed by atoms with Crippen molar-refractivity contribution in [3.05, 3.63) is 0 Å². The van der Waals surface area contributed by atoms with Crippen LogP contribution in [-0.4, -0.2) is 28.8 Å². The molecule has 0 radical (unpaired) electrons. The second-order valence-corrected chi connectivity index (χ2v) is 27.0. The summed E-state index contributed by atoms with van der Waals surface area (Å²) in [7, 11) is -4.59. The Morgan fingerprint density at radius 1 is 0.455 bits per heavy atom. The summed E-state index contributed by atoms with van der Waals surface area (Å²) < 4.78 is 29.0. The van der Waals surface area contributed by atoms with Crippen molar-refractivity contribution in [1.29, 1.82) is 0 Å². The van der Waals surface area contributed by atoms with Crippen molar-refractivity contribution in [2.45, 2.75) is 169 Å². The second-order valence-electron chi connectivity index (χ2n) is 12.0. The van der Waals surface area contributed by atoms with Gasteiger partial charge in [-0.15, -0.1) is 0 Å². The number of hydrogen-bond acceptors (Lipinski definition) is 4. The molecule has 0 aromatic carbocycles. The molecular formula is C26H60O4Si2Ti. The van der Waals surface area contributed by atoms with Gasteiger partial charge in [-0.05, 0) is 0 Å². The zero-order valence-electron chi connectivity index (χ0n) is 25.2. The summed E-state index contributed by atoms with van der Waals surface area (Å²) in [6.45, 7) is 36.7. The molecule has 2 atom stereocenters. The van der Waals surface area contributed by atoms with Crippen LogP contribution in [0.5, 0.6) is 0 Å². The predicted octanol–water partition coefficient (Wildman–Crippen LogP) is 9.81. The first-order chi connectivity index (χ1) is 15.0. The van der Waals surface area contributed by atoms with Gasteiger partial charge in [-0.25, -0.2) is 0 Å². The van der Waals surface area contributed by atoms with E-state index in [0.29, 0.717) is 33.2 Å². The molecule has 0 spiro atoms. The normalized spacial score (nSPS) is 16.2. The molecule has 7 heteroatoms. The third-order valence-electron chi connectivity index (χ3n) is 7.86. The van der Waals surface area contributed by atoms with Gasteiger partial charge >= 0.3 is 217 Å². The Labute approximate surface area is 215 Å². The van der Waals surface area contributed by atoms with Crippen molar-refractivity contribution in [2.24, 2.45) is 0 Å². The molecular weight excluding hydrogens is 480 g/mol. The molecule has 2 unspecified atom stereocenters. The first-order valence-corrected chi connectivity index (χ1v) is 20.6. The van der Waals surface area contributed by atoms with Gasteiger partial charge in [0.05, 0.1) is 0 Å². The molecule has 200 valence electrons. The van der Waals surface area contributed by atoms with Gasteiger partial charge in [-0.2, -0.15) is 0 Å². The van der Waals surface area contributed by atoms with Crippen molar-refractivity contribution in [3.8, 4) is 0 Å². The minimum absolute atomic E-state index is 0.0467. The Morgan fingerprint density at radius 2 is 0.667 bits per heavy atom. The van der Waals surface area contributed by atoms with E-state index in [1.807, 2.05) is 0 Å². The summed E-state index contributed by atoms with van der Waals surface area (Å²) in [4.78, 5) is 0. The van der Waals surface area contributed by atoms with E-state index < -0.39 is 34.8 Å². The quantitative estimate of drug-likeness (QED) is 0.183. The van der Waals surface area contributed by atoms with E-state index in [4.69, 9.17) is 12.7 Å².